The molecule has 7 aromatic rings. The van der Waals surface area contributed by atoms with Gasteiger partial charge in [0.2, 0.25) is 70.9 Å². The molecule has 10 rings (SSSR count). The van der Waals surface area contributed by atoms with Gasteiger partial charge in [0.1, 0.15) is 71.3 Å². The summed E-state index contributed by atoms with van der Waals surface area (Å²) in [4.78, 5) is 196. The number of hydrogen-bond donors (Lipinski definition) is 16. The van der Waals surface area contributed by atoms with Crippen LogP contribution in [-0.2, 0) is 101 Å². The van der Waals surface area contributed by atoms with E-state index in [0.29, 0.717) is 27.7 Å². The highest BCUT2D eigenvalue weighted by Crippen LogP contribution is 2.31. The number of benzene rings is 4. The fourth-order valence-corrected chi connectivity index (χ4v) is 12.2. The number of aromatic nitrogens is 4. The van der Waals surface area contributed by atoms with Gasteiger partial charge in [0.15, 0.2) is 0 Å². The number of primary amides is 1. The second kappa shape index (κ2) is 33.2. The molecule has 3 aliphatic rings. The van der Waals surface area contributed by atoms with E-state index in [1.165, 1.54) is 99.1 Å². The van der Waals surface area contributed by atoms with Crippen LogP contribution in [0.15, 0.2) is 110 Å². The van der Waals surface area contributed by atoms with E-state index in [4.69, 9.17) is 5.73 Å². The highest BCUT2D eigenvalue weighted by molar-refractivity contribution is 6.01. The van der Waals surface area contributed by atoms with Gasteiger partial charge in [-0.05, 0) is 109 Å². The maximum Gasteiger partial charge on any atom is 0.305 e. The molecule has 3 aliphatic heterocycles. The SMILES string of the molecule is CC(=O)N[C@H]1Cc2ccc(cc2)CNC(=O)CC[C@@H](C(N)=O)NC(=O)[C@]2(C)CCCN2C(=O)[C@H](Cc2ccc(O)cc2)NC(=O)[C@H](Cc2cnc[nH]2)NC(=O)[C@H](CC(=O)O)NC(=O)[C@H](Cc2c[nH]c3ccc(F)cc23)NC(=O)[C@H](Cc2c[nH]c3ccc(F)cc23)NC(=O)CNC(=O)[C@H](C)NC1=O. The van der Waals surface area contributed by atoms with Crippen molar-refractivity contribution < 1.29 is 81.3 Å². The first-order chi connectivity index (χ1) is 48.6. The van der Waals surface area contributed by atoms with Gasteiger partial charge in [-0.15, -0.1) is 0 Å². The van der Waals surface area contributed by atoms with Crippen LogP contribution in [0.3, 0.4) is 0 Å². The molecule has 0 spiro atoms. The number of nitrogens with two attached hydrogens (primary N) is 1. The molecule has 0 radical (unpaired) electrons. The number of aromatic amines is 3. The molecule has 102 heavy (non-hydrogen) atoms. The molecular formula is C69H78F2N16O15. The molecular weight excluding hydrogens is 1330 g/mol. The Morgan fingerprint density at radius 2 is 1.21 bits per heavy atom. The van der Waals surface area contributed by atoms with E-state index in [2.05, 4.69) is 73.1 Å². The number of fused-ring (bicyclic) bond motifs is 34. The van der Waals surface area contributed by atoms with Crippen molar-refractivity contribution in [2.24, 2.45) is 5.73 Å². The first-order valence-electron chi connectivity index (χ1n) is 32.7. The Hall–Kier alpha value is -12.1. The molecule has 538 valence electrons. The van der Waals surface area contributed by atoms with Crippen LogP contribution in [-0.4, -0.2) is 179 Å². The lowest BCUT2D eigenvalue weighted by molar-refractivity contribution is -0.147. The number of aliphatic carboxylic acids is 1. The number of carboxylic acid groups (broad SMARTS) is 1. The van der Waals surface area contributed by atoms with Crippen LogP contribution in [0.5, 0.6) is 5.75 Å². The molecule has 33 heteroatoms. The van der Waals surface area contributed by atoms with Gasteiger partial charge in [-0.1, -0.05) is 36.4 Å². The van der Waals surface area contributed by atoms with E-state index >= 15 is 9.59 Å². The van der Waals surface area contributed by atoms with E-state index < -0.39 is 175 Å². The van der Waals surface area contributed by atoms with Crippen LogP contribution in [0.25, 0.3) is 21.8 Å². The molecule has 6 heterocycles. The van der Waals surface area contributed by atoms with Crippen LogP contribution in [0.1, 0.15) is 86.4 Å². The fraction of sp³-hybridized carbons (Fsp3) is 0.362. The number of rotatable bonds is 12. The molecule has 2 bridgehead atoms. The van der Waals surface area contributed by atoms with Crippen LogP contribution in [0.2, 0.25) is 0 Å². The number of carbonyl (C=O) groups is 13. The first kappa shape index (κ1) is 74.2. The number of halogens is 2. The van der Waals surface area contributed by atoms with Crippen LogP contribution in [0.4, 0.5) is 8.78 Å². The molecule has 0 unspecified atom stereocenters. The maximum atomic E-state index is 15.2. The number of amides is 12. The number of phenolic OH excluding ortho intramolecular Hbond substituents is 1. The van der Waals surface area contributed by atoms with Crippen molar-refractivity contribution >= 4 is 98.7 Å². The molecule has 4 aromatic carbocycles. The fourth-order valence-electron chi connectivity index (χ4n) is 12.2. The quantitative estimate of drug-likeness (QED) is 0.0696. The van der Waals surface area contributed by atoms with Crippen molar-refractivity contribution in [1.82, 2.24) is 78.0 Å². The van der Waals surface area contributed by atoms with Crippen molar-refractivity contribution in [2.75, 3.05) is 13.1 Å². The van der Waals surface area contributed by atoms with Gasteiger partial charge < -0.3 is 89.0 Å². The van der Waals surface area contributed by atoms with Crippen LogP contribution < -0.4 is 58.9 Å². The summed E-state index contributed by atoms with van der Waals surface area (Å²) in [6.45, 7) is 3.02. The van der Waals surface area contributed by atoms with Gasteiger partial charge >= 0.3 is 5.97 Å². The van der Waals surface area contributed by atoms with Gasteiger partial charge in [-0.25, -0.2) is 13.8 Å². The standard InChI is InChI=1S/C69H78F2N16O15/c1-35-61(95)77-33-58(91)81-52(23-40-30-74-48-15-11-42(70)25-46(40)48)63(97)82-53(24-41-31-75-49-16-12-43(71)26-47(41)49)64(98)84-55(28-59(92)93)66(100)83-54(27-44-32-73-34-78-44)65(99)85-56(22-38-9-13-45(89)14-10-38)67(101)87-20-4-19-69(87,3)68(102)86-50(60(72)94)17-18-57(90)76-29-39-7-5-37(6-8-39)21-51(62(96)79-35)80-36(2)88/h5-16,25-26,30-32,34-35,50-56,74-75,89H,4,17-24,27-29,33H2,1-3H3,(H2,72,94)(H,73,78)(H,76,90)(H,77,95)(H,79,96)(H,80,88)(H,81,91)(H,82,97)(H,83,100)(H,84,98)(H,85,99)(H,86,102)(H,92,93)/t35-,50-,51-,52-,53-,54-,55-,56-,69-/m0/s1. The molecule has 3 aromatic heterocycles. The number of hydrogen-bond acceptors (Lipinski definition) is 15. The van der Waals surface area contributed by atoms with Crippen molar-refractivity contribution in [3.05, 3.63) is 155 Å². The van der Waals surface area contributed by atoms with E-state index in [9.17, 15) is 71.7 Å². The third-order valence-electron chi connectivity index (χ3n) is 17.7. The Morgan fingerprint density at radius 1 is 0.637 bits per heavy atom. The molecule has 0 aliphatic carbocycles. The number of carboxylic acids is 1. The zero-order chi connectivity index (χ0) is 73.5. The topological polar surface area (TPSA) is 472 Å². The number of aromatic hydroxyl groups is 1. The lowest BCUT2D eigenvalue weighted by Crippen LogP contribution is -2.63. The monoisotopic (exact) mass is 1410 g/mol. The molecule has 31 nitrogen and oxygen atoms in total. The second-order valence-corrected chi connectivity index (χ2v) is 25.4. The second-order valence-electron chi connectivity index (χ2n) is 25.4. The Balaban J connectivity index is 1.06. The third-order valence-corrected chi connectivity index (χ3v) is 17.7. The number of nitrogens with one attached hydrogen (secondary N) is 13. The zero-order valence-electron chi connectivity index (χ0n) is 55.6. The van der Waals surface area contributed by atoms with Gasteiger partial charge in [0.25, 0.3) is 0 Å². The van der Waals surface area contributed by atoms with Gasteiger partial charge in [0.05, 0.1) is 19.3 Å². The lowest BCUT2D eigenvalue weighted by Gasteiger charge is -2.37. The van der Waals surface area contributed by atoms with Crippen molar-refractivity contribution in [3.8, 4) is 5.75 Å². The van der Waals surface area contributed by atoms with Gasteiger partial charge in [0, 0.05) is 105 Å². The minimum atomic E-state index is -2.08. The van der Waals surface area contributed by atoms with Crippen molar-refractivity contribution in [1.29, 1.82) is 0 Å². The summed E-state index contributed by atoms with van der Waals surface area (Å²) < 4.78 is 29.8. The zero-order valence-corrected chi connectivity index (χ0v) is 55.6. The number of H-pyrrole nitrogens is 3. The van der Waals surface area contributed by atoms with Crippen LogP contribution >= 0.6 is 0 Å². The molecule has 1 saturated heterocycles. The summed E-state index contributed by atoms with van der Waals surface area (Å²) in [7, 11) is 0. The largest absolute Gasteiger partial charge is 0.508 e. The Kier molecular flexibility index (Phi) is 24.1. The highest BCUT2D eigenvalue weighted by Gasteiger charge is 2.49. The molecule has 12 amide bonds. The van der Waals surface area contributed by atoms with Crippen molar-refractivity contribution in [2.45, 2.75) is 145 Å². The minimum Gasteiger partial charge on any atom is -0.508 e. The normalized spacial score (nSPS) is 23.2. The Bertz CT molecular complexity index is 4320. The number of imidazole rings is 1. The average Bonchev–Trinajstić information content (AvgIpc) is 1.62. The molecule has 1 fully saturated rings. The van der Waals surface area contributed by atoms with Gasteiger partial charge in [-0.2, -0.15) is 0 Å². The van der Waals surface area contributed by atoms with Crippen LogP contribution in [0, 0.1) is 11.6 Å². The Morgan fingerprint density at radius 3 is 1.78 bits per heavy atom. The molecule has 17 N–H and O–H groups in total. The summed E-state index contributed by atoms with van der Waals surface area (Å²) in [5.74, 6) is -14.3. The van der Waals surface area contributed by atoms with E-state index in [0.717, 1.165) is 12.1 Å². The predicted molar refractivity (Wildman–Crippen MR) is 360 cm³/mol. The summed E-state index contributed by atoms with van der Waals surface area (Å²) >= 11 is 0. The van der Waals surface area contributed by atoms with E-state index in [1.807, 2.05) is 0 Å². The summed E-state index contributed by atoms with van der Waals surface area (Å²) in [5, 5.41) is 46.5. The van der Waals surface area contributed by atoms with E-state index in [1.54, 1.807) is 24.3 Å². The third kappa shape index (κ3) is 19.4. The summed E-state index contributed by atoms with van der Waals surface area (Å²) in [6.07, 6.45) is 2.22. The number of phenols is 1. The number of nitrogens with zero attached hydrogens (tertiary/aromatic N) is 2. The lowest BCUT2D eigenvalue weighted by atomic mass is 9.94. The van der Waals surface area contributed by atoms with Gasteiger partial charge in [-0.3, -0.25) is 62.3 Å². The smallest absolute Gasteiger partial charge is 0.305 e. The maximum absolute atomic E-state index is 15.2. The predicted octanol–water partition coefficient (Wildman–Crippen LogP) is -0.345. The minimum absolute atomic E-state index is 0.0140. The summed E-state index contributed by atoms with van der Waals surface area (Å²) in [5.41, 5.74) is 7.10. The first-order valence-corrected chi connectivity index (χ1v) is 32.7. The summed E-state index contributed by atoms with van der Waals surface area (Å²) in [6, 6.07) is 6.70. The molecule has 9 atom stereocenters. The van der Waals surface area contributed by atoms with E-state index in [-0.39, 0.29) is 85.0 Å². The molecule has 0 saturated carbocycles. The van der Waals surface area contributed by atoms with Crippen molar-refractivity contribution in [3.63, 3.8) is 0 Å². The number of carbonyl (C=O) groups excluding carboxylic acids is 12. The average molecular weight is 1410 g/mol. The highest BCUT2D eigenvalue weighted by atomic mass is 19.1. The Labute approximate surface area is 580 Å².